The molecule has 66 heavy (non-hydrogen) atoms. The molecule has 0 bridgehead atoms. The van der Waals surface area contributed by atoms with Crippen LogP contribution in [0.25, 0.3) is 115 Å². The van der Waals surface area contributed by atoms with Crippen LogP contribution in [0, 0.1) is 40.6 Å². The van der Waals surface area contributed by atoms with Crippen molar-refractivity contribution < 1.29 is 0 Å². The smallest absolute Gasteiger partial charge is 0.187 e. The van der Waals surface area contributed by atoms with Crippen LogP contribution in [-0.4, -0.2) is 9.13 Å². The highest BCUT2D eigenvalue weighted by Gasteiger charge is 2.32. The molecule has 2 heterocycles. The third-order valence-electron chi connectivity index (χ3n) is 13.0. The molecule has 6 heteroatoms. The van der Waals surface area contributed by atoms with Gasteiger partial charge in [-0.15, -0.1) is 0 Å². The molecule has 0 unspecified atom stereocenters. The summed E-state index contributed by atoms with van der Waals surface area (Å²) in [5.41, 5.74) is 11.8. The lowest BCUT2D eigenvalue weighted by Crippen LogP contribution is -2.10. The van der Waals surface area contributed by atoms with E-state index in [1.807, 2.05) is 48.5 Å². The molecule has 12 rings (SSSR count). The topological polar surface area (TPSA) is 85.6 Å². The first kappa shape index (κ1) is 38.0. The number of rotatable bonds is 5. The molecule has 0 radical (unpaired) electrons. The van der Waals surface area contributed by atoms with E-state index in [0.29, 0.717) is 33.5 Å². The second kappa shape index (κ2) is 15.0. The van der Waals surface area contributed by atoms with E-state index in [1.165, 1.54) is 0 Å². The van der Waals surface area contributed by atoms with E-state index in [9.17, 15) is 15.8 Å². The zero-order valence-electron chi connectivity index (χ0n) is 35.2. The second-order valence-electron chi connectivity index (χ2n) is 16.4. The van der Waals surface area contributed by atoms with Crippen LogP contribution in [0.4, 0.5) is 5.69 Å². The van der Waals surface area contributed by atoms with Gasteiger partial charge in [0.25, 0.3) is 0 Å². The number of para-hydroxylation sites is 2. The number of aromatic nitrogens is 2. The van der Waals surface area contributed by atoms with Gasteiger partial charge in [-0.3, -0.25) is 0 Å². The Morgan fingerprint density at radius 2 is 0.758 bits per heavy atom. The Morgan fingerprint density at radius 3 is 1.18 bits per heavy atom. The van der Waals surface area contributed by atoms with Crippen LogP contribution >= 0.6 is 0 Å². The van der Waals surface area contributed by atoms with Crippen molar-refractivity contribution in [3.63, 3.8) is 0 Å². The van der Waals surface area contributed by atoms with Crippen molar-refractivity contribution in [1.29, 1.82) is 15.8 Å². The van der Waals surface area contributed by atoms with Crippen molar-refractivity contribution in [2.24, 2.45) is 0 Å². The molecular formula is C60H32N6. The Labute approximate surface area is 379 Å². The highest BCUT2D eigenvalue weighted by molar-refractivity contribution is 6.24. The highest BCUT2D eigenvalue weighted by atomic mass is 15.0. The normalized spacial score (nSPS) is 11.3. The molecule has 0 amide bonds. The van der Waals surface area contributed by atoms with Crippen LogP contribution in [0.15, 0.2) is 194 Å². The first-order valence-corrected chi connectivity index (χ1v) is 21.6. The summed E-state index contributed by atoms with van der Waals surface area (Å²) in [4.78, 5) is 3.75. The predicted octanol–water partition coefficient (Wildman–Crippen LogP) is 15.4. The fourth-order valence-corrected chi connectivity index (χ4v) is 10.2. The summed E-state index contributed by atoms with van der Waals surface area (Å²) in [6, 6.07) is 72.5. The summed E-state index contributed by atoms with van der Waals surface area (Å²) in [5, 5.41) is 40.9. The summed E-state index contributed by atoms with van der Waals surface area (Å²) in [6.07, 6.45) is 0. The predicted molar refractivity (Wildman–Crippen MR) is 267 cm³/mol. The maximum absolute atomic E-state index is 12.0. The summed E-state index contributed by atoms with van der Waals surface area (Å²) in [7, 11) is 0. The van der Waals surface area contributed by atoms with Gasteiger partial charge < -0.3 is 9.13 Å². The van der Waals surface area contributed by atoms with Gasteiger partial charge in [-0.2, -0.15) is 15.8 Å². The van der Waals surface area contributed by atoms with E-state index < -0.39 is 0 Å². The third kappa shape index (κ3) is 5.57. The average molecular weight is 837 g/mol. The molecule has 0 saturated carbocycles. The van der Waals surface area contributed by atoms with Crippen molar-refractivity contribution in [2.45, 2.75) is 0 Å². The molecule has 0 spiro atoms. The van der Waals surface area contributed by atoms with E-state index >= 15 is 0 Å². The first-order valence-electron chi connectivity index (χ1n) is 21.6. The number of nitrogens with zero attached hydrogens (tertiary/aromatic N) is 6. The first-order chi connectivity index (χ1) is 32.6. The van der Waals surface area contributed by atoms with Crippen LogP contribution < -0.4 is 0 Å². The van der Waals surface area contributed by atoms with Crippen LogP contribution in [0.5, 0.6) is 0 Å². The van der Waals surface area contributed by atoms with E-state index in [4.69, 9.17) is 6.57 Å². The van der Waals surface area contributed by atoms with Gasteiger partial charge in [0, 0.05) is 38.2 Å². The largest absolute Gasteiger partial charge is 0.308 e. The lowest BCUT2D eigenvalue weighted by Gasteiger charge is -2.28. The number of benzene rings is 10. The molecule has 0 fully saturated rings. The van der Waals surface area contributed by atoms with Crippen molar-refractivity contribution in [1.82, 2.24) is 9.13 Å². The molecule has 0 atom stereocenters. The molecule has 0 saturated heterocycles. The fraction of sp³-hybridized carbons (Fsp3) is 0. The van der Waals surface area contributed by atoms with Gasteiger partial charge in [0.15, 0.2) is 5.69 Å². The van der Waals surface area contributed by atoms with E-state index in [2.05, 4.69) is 154 Å². The highest BCUT2D eigenvalue weighted by Crippen LogP contribution is 2.53. The molecular weight excluding hydrogens is 805 g/mol. The summed E-state index contributed by atoms with van der Waals surface area (Å²) < 4.78 is 4.64. The molecule has 302 valence electrons. The summed E-state index contributed by atoms with van der Waals surface area (Å²) in [6.45, 7) is 7.87. The minimum atomic E-state index is 0.427. The zero-order valence-corrected chi connectivity index (χ0v) is 35.2. The monoisotopic (exact) mass is 836 g/mol. The molecule has 12 aromatic rings. The van der Waals surface area contributed by atoms with Crippen LogP contribution in [0.3, 0.4) is 0 Å². The van der Waals surface area contributed by atoms with Gasteiger partial charge >= 0.3 is 0 Å². The van der Waals surface area contributed by atoms with Gasteiger partial charge in [0.2, 0.25) is 0 Å². The number of hydrogen-bond acceptors (Lipinski definition) is 3. The zero-order chi connectivity index (χ0) is 44.5. The molecule has 2 aromatic heterocycles. The molecule has 0 aliphatic heterocycles. The molecule has 0 aliphatic rings. The van der Waals surface area contributed by atoms with Crippen molar-refractivity contribution in [3.05, 3.63) is 222 Å². The maximum Gasteiger partial charge on any atom is 0.187 e. The van der Waals surface area contributed by atoms with E-state index in [0.717, 1.165) is 98.8 Å². The average Bonchev–Trinajstić information content (AvgIpc) is 3.91. The molecule has 10 aromatic carbocycles. The van der Waals surface area contributed by atoms with Gasteiger partial charge in [0.05, 0.1) is 68.8 Å². The number of hydrogen-bond donors (Lipinski definition) is 0. The minimum absolute atomic E-state index is 0.427. The Kier molecular flexibility index (Phi) is 8.62. The minimum Gasteiger partial charge on any atom is -0.308 e. The second-order valence-corrected chi connectivity index (χ2v) is 16.4. The van der Waals surface area contributed by atoms with Gasteiger partial charge in [0.1, 0.15) is 6.07 Å². The van der Waals surface area contributed by atoms with Crippen LogP contribution in [0.1, 0.15) is 16.7 Å². The fourth-order valence-electron chi connectivity index (χ4n) is 10.2. The van der Waals surface area contributed by atoms with Gasteiger partial charge in [-0.05, 0) is 86.8 Å². The Hall–Kier alpha value is -9.72. The molecule has 6 nitrogen and oxygen atoms in total. The molecule has 0 N–H and O–H groups in total. The van der Waals surface area contributed by atoms with Crippen LogP contribution in [-0.2, 0) is 0 Å². The lowest BCUT2D eigenvalue weighted by atomic mass is 9.83. The number of fused-ring (bicyclic) bond motifs is 10. The van der Waals surface area contributed by atoms with Crippen molar-refractivity contribution >= 4 is 70.8 Å². The third-order valence-corrected chi connectivity index (χ3v) is 13.0. The van der Waals surface area contributed by atoms with Crippen LogP contribution in [0.2, 0.25) is 0 Å². The Balaban J connectivity index is 1.41. The molecule has 0 aliphatic carbocycles. The standard InChI is InChI=1S/C60H32N6/c1-64-44-30-26-42(27-31-44)55-49(36-63)54(41-22-18-37(34-61)19-23-41)59(65-50-16-8-6-14-47(50)57-45-12-4-2-10-39(45)28-32-52(57)65)56(43-24-20-38(35-62)21-25-43)60(55)66-51-17-9-7-15-48(51)58-46-13-5-3-11-40(46)29-33-53(58)66/h2-33H. The van der Waals surface area contributed by atoms with Crippen molar-refractivity contribution in [2.75, 3.05) is 0 Å². The van der Waals surface area contributed by atoms with E-state index in [1.54, 1.807) is 24.3 Å². The maximum atomic E-state index is 12.0. The Morgan fingerprint density at radius 1 is 0.364 bits per heavy atom. The lowest BCUT2D eigenvalue weighted by molar-refractivity contribution is 1.14. The SMILES string of the molecule is [C-]#[N+]c1ccc(-c2c(C#N)c(-c3ccc(C#N)cc3)c(-n3c4ccccc4c4c5ccccc5ccc43)c(-c3ccc(C#N)cc3)c2-n2c3ccccc3c3c4ccccc4ccc32)cc1. The quantitative estimate of drug-likeness (QED) is 0.162. The van der Waals surface area contributed by atoms with E-state index in [-0.39, 0.29) is 0 Å². The van der Waals surface area contributed by atoms with Gasteiger partial charge in [-0.1, -0.05) is 146 Å². The summed E-state index contributed by atoms with van der Waals surface area (Å²) >= 11 is 0. The van der Waals surface area contributed by atoms with Gasteiger partial charge in [-0.25, -0.2) is 4.85 Å². The van der Waals surface area contributed by atoms with Crippen molar-refractivity contribution in [3.8, 4) is 63.0 Å². The number of nitriles is 3. The summed E-state index contributed by atoms with van der Waals surface area (Å²) in [5.74, 6) is 0. The Bertz CT molecular complexity index is 3940.